The third-order valence-electron chi connectivity index (χ3n) is 1.87. The first-order chi connectivity index (χ1) is 8.15. The van der Waals surface area contributed by atoms with E-state index in [1.807, 2.05) is 6.26 Å². The monoisotopic (exact) mass is 256 g/mol. The van der Waals surface area contributed by atoms with E-state index in [9.17, 15) is 4.79 Å². The molecule has 0 aliphatic carbocycles. The molecule has 5 N–H and O–H groups in total. The topological polar surface area (TPSA) is 105 Å². The van der Waals surface area contributed by atoms with Gasteiger partial charge in [-0.05, 0) is 6.26 Å². The smallest absolute Gasteiger partial charge is 0.312 e. The van der Waals surface area contributed by atoms with E-state index >= 15 is 0 Å². The van der Waals surface area contributed by atoms with Crippen molar-refractivity contribution in [2.75, 3.05) is 37.0 Å². The molecule has 8 heteroatoms. The van der Waals surface area contributed by atoms with Gasteiger partial charge in [0.25, 0.3) is 0 Å². The summed E-state index contributed by atoms with van der Waals surface area (Å²) in [4.78, 5) is 19.0. The van der Waals surface area contributed by atoms with Crippen molar-refractivity contribution in [3.8, 4) is 0 Å². The summed E-state index contributed by atoms with van der Waals surface area (Å²) in [6.45, 7) is 1.000. The fourth-order valence-electron chi connectivity index (χ4n) is 1.11. The molecular weight excluding hydrogens is 240 g/mol. The first kappa shape index (κ1) is 13.4. The number of thioether (sulfide) groups is 1. The highest BCUT2D eigenvalue weighted by Crippen LogP contribution is 2.16. The van der Waals surface area contributed by atoms with Gasteiger partial charge in [0, 0.05) is 26.2 Å². The summed E-state index contributed by atoms with van der Waals surface area (Å²) in [5.74, 6) is 1.45. The Balaban J connectivity index is 2.54. The molecule has 0 fully saturated rings. The standard InChI is InChI=1S/C9H16N6OS/c1-11-6-5-7(15-9(14-6)17-2)12-3-4-13-8(10)16/h5H,3-4H2,1-2H3,(H3,10,13,16)(H2,11,12,14,15). The number of nitrogens with two attached hydrogens (primary N) is 1. The van der Waals surface area contributed by atoms with Crippen molar-refractivity contribution in [2.24, 2.45) is 5.73 Å². The molecule has 0 aliphatic rings. The number of hydrogen-bond acceptors (Lipinski definition) is 6. The Morgan fingerprint density at radius 3 is 2.71 bits per heavy atom. The lowest BCUT2D eigenvalue weighted by atomic mass is 10.5. The van der Waals surface area contributed by atoms with Gasteiger partial charge in [-0.1, -0.05) is 11.8 Å². The van der Waals surface area contributed by atoms with Crippen LogP contribution < -0.4 is 21.7 Å². The minimum Gasteiger partial charge on any atom is -0.373 e. The molecule has 0 saturated heterocycles. The summed E-state index contributed by atoms with van der Waals surface area (Å²) in [5, 5.41) is 9.20. The number of carbonyl (C=O) groups excluding carboxylic acids is 1. The van der Waals surface area contributed by atoms with E-state index < -0.39 is 6.03 Å². The van der Waals surface area contributed by atoms with Crippen molar-refractivity contribution in [2.45, 2.75) is 5.16 Å². The summed E-state index contributed by atoms with van der Waals surface area (Å²) < 4.78 is 0. The Labute approximate surface area is 104 Å². The highest BCUT2D eigenvalue weighted by molar-refractivity contribution is 7.98. The van der Waals surface area contributed by atoms with Crippen LogP contribution in [-0.4, -0.2) is 42.4 Å². The normalized spacial score (nSPS) is 9.76. The van der Waals surface area contributed by atoms with Gasteiger partial charge >= 0.3 is 6.03 Å². The van der Waals surface area contributed by atoms with Gasteiger partial charge < -0.3 is 21.7 Å². The number of rotatable bonds is 6. The number of amides is 2. The zero-order valence-corrected chi connectivity index (χ0v) is 10.6. The third-order valence-corrected chi connectivity index (χ3v) is 2.42. The minimum atomic E-state index is -0.532. The van der Waals surface area contributed by atoms with Gasteiger partial charge in [-0.2, -0.15) is 0 Å². The summed E-state index contributed by atoms with van der Waals surface area (Å²) in [5.41, 5.74) is 4.95. The second-order valence-electron chi connectivity index (χ2n) is 3.09. The summed E-state index contributed by atoms with van der Waals surface area (Å²) in [7, 11) is 1.80. The highest BCUT2D eigenvalue weighted by Gasteiger charge is 2.02. The second-order valence-corrected chi connectivity index (χ2v) is 3.87. The zero-order chi connectivity index (χ0) is 12.7. The van der Waals surface area contributed by atoms with Crippen molar-refractivity contribution in [1.29, 1.82) is 0 Å². The first-order valence-corrected chi connectivity index (χ1v) is 6.26. The predicted molar refractivity (Wildman–Crippen MR) is 69.4 cm³/mol. The van der Waals surface area contributed by atoms with Gasteiger partial charge in [0.15, 0.2) is 5.16 Å². The molecule has 1 aromatic heterocycles. The molecule has 0 unspecified atom stereocenters. The number of nitrogens with zero attached hydrogens (tertiary/aromatic N) is 2. The molecule has 7 nitrogen and oxygen atoms in total. The maximum atomic E-state index is 10.5. The van der Waals surface area contributed by atoms with Crippen molar-refractivity contribution in [1.82, 2.24) is 15.3 Å². The van der Waals surface area contributed by atoms with Gasteiger partial charge in [0.2, 0.25) is 0 Å². The van der Waals surface area contributed by atoms with Crippen LogP contribution in [0.5, 0.6) is 0 Å². The largest absolute Gasteiger partial charge is 0.373 e. The maximum Gasteiger partial charge on any atom is 0.312 e. The summed E-state index contributed by atoms with van der Waals surface area (Å²) in [6.07, 6.45) is 1.91. The molecule has 17 heavy (non-hydrogen) atoms. The minimum absolute atomic E-state index is 0.447. The SMILES string of the molecule is CNc1cc(NCCNC(N)=O)nc(SC)n1. The van der Waals surface area contributed by atoms with Crippen LogP contribution in [0.25, 0.3) is 0 Å². The van der Waals surface area contributed by atoms with Crippen LogP contribution in [0.3, 0.4) is 0 Å². The molecule has 94 valence electrons. The molecular formula is C9H16N6OS. The van der Waals surface area contributed by atoms with Crippen molar-refractivity contribution >= 4 is 29.4 Å². The van der Waals surface area contributed by atoms with Gasteiger partial charge in [0.05, 0.1) is 0 Å². The van der Waals surface area contributed by atoms with Crippen LogP contribution in [-0.2, 0) is 0 Å². The van der Waals surface area contributed by atoms with Crippen LogP contribution in [0.2, 0.25) is 0 Å². The molecule has 1 rings (SSSR count). The summed E-state index contributed by atoms with van der Waals surface area (Å²) in [6, 6.07) is 1.26. The predicted octanol–water partition coefficient (Wildman–Crippen LogP) is 0.320. The van der Waals surface area contributed by atoms with E-state index in [1.54, 1.807) is 13.1 Å². The molecule has 1 heterocycles. The van der Waals surface area contributed by atoms with Gasteiger partial charge in [-0.25, -0.2) is 14.8 Å². The van der Waals surface area contributed by atoms with Crippen LogP contribution in [0.4, 0.5) is 16.4 Å². The number of anilines is 2. The molecule has 0 atom stereocenters. The highest BCUT2D eigenvalue weighted by atomic mass is 32.2. The Morgan fingerprint density at radius 1 is 1.41 bits per heavy atom. The third kappa shape index (κ3) is 4.77. The van der Waals surface area contributed by atoms with E-state index in [0.717, 1.165) is 5.82 Å². The second kappa shape index (κ2) is 6.79. The molecule has 2 amide bonds. The fraction of sp³-hybridized carbons (Fsp3) is 0.444. The summed E-state index contributed by atoms with van der Waals surface area (Å²) >= 11 is 1.46. The van der Waals surface area contributed by atoms with E-state index in [0.29, 0.717) is 24.1 Å². The lowest BCUT2D eigenvalue weighted by Crippen LogP contribution is -2.33. The Morgan fingerprint density at radius 2 is 2.12 bits per heavy atom. The fourth-order valence-corrected chi connectivity index (χ4v) is 1.49. The average Bonchev–Trinajstić information content (AvgIpc) is 2.34. The number of hydrogen-bond donors (Lipinski definition) is 4. The van der Waals surface area contributed by atoms with E-state index in [2.05, 4.69) is 25.9 Å². The zero-order valence-electron chi connectivity index (χ0n) is 9.78. The first-order valence-electron chi connectivity index (χ1n) is 5.03. The van der Waals surface area contributed by atoms with Gasteiger partial charge in [-0.15, -0.1) is 0 Å². The molecule has 0 aliphatic heterocycles. The van der Waals surface area contributed by atoms with E-state index in [4.69, 9.17) is 5.73 Å². The molecule has 1 aromatic rings. The quantitative estimate of drug-likeness (QED) is 0.332. The van der Waals surface area contributed by atoms with Crippen molar-refractivity contribution in [3.63, 3.8) is 0 Å². The van der Waals surface area contributed by atoms with Crippen LogP contribution in [0, 0.1) is 0 Å². The molecule has 0 saturated carbocycles. The number of nitrogens with one attached hydrogen (secondary N) is 3. The molecule has 0 aromatic carbocycles. The maximum absolute atomic E-state index is 10.5. The molecule has 0 spiro atoms. The lowest BCUT2D eigenvalue weighted by Gasteiger charge is -2.08. The number of urea groups is 1. The molecule has 0 bridgehead atoms. The van der Waals surface area contributed by atoms with E-state index in [-0.39, 0.29) is 0 Å². The van der Waals surface area contributed by atoms with Crippen molar-refractivity contribution < 1.29 is 4.79 Å². The number of primary amides is 1. The van der Waals surface area contributed by atoms with E-state index in [1.165, 1.54) is 11.8 Å². The number of carbonyl (C=O) groups is 1. The Kier molecular flexibility index (Phi) is 5.34. The van der Waals surface area contributed by atoms with Crippen LogP contribution in [0.15, 0.2) is 11.2 Å². The van der Waals surface area contributed by atoms with Crippen LogP contribution in [0.1, 0.15) is 0 Å². The Bertz CT molecular complexity index is 363. The lowest BCUT2D eigenvalue weighted by molar-refractivity contribution is 0.249. The number of aromatic nitrogens is 2. The van der Waals surface area contributed by atoms with Gasteiger partial charge in [-0.3, -0.25) is 0 Å². The Hall–Kier alpha value is -1.70. The van der Waals surface area contributed by atoms with Gasteiger partial charge in [0.1, 0.15) is 11.6 Å². The average molecular weight is 256 g/mol. The van der Waals surface area contributed by atoms with Crippen molar-refractivity contribution in [3.05, 3.63) is 6.07 Å². The molecule has 0 radical (unpaired) electrons. The van der Waals surface area contributed by atoms with Crippen LogP contribution >= 0.6 is 11.8 Å².